The van der Waals surface area contributed by atoms with Crippen molar-refractivity contribution in [3.05, 3.63) is 64.1 Å². The molecule has 0 unspecified atom stereocenters. The molecule has 0 radical (unpaired) electrons. The summed E-state index contributed by atoms with van der Waals surface area (Å²) in [6.45, 7) is 5.77. The van der Waals surface area contributed by atoms with Gasteiger partial charge in [-0.05, 0) is 65.3 Å². The lowest BCUT2D eigenvalue weighted by Gasteiger charge is -2.15. The molecule has 1 amide bonds. The number of hydrogen-bond acceptors (Lipinski definition) is 4. The largest absolute Gasteiger partial charge is 0.496 e. The molecule has 2 N–H and O–H groups in total. The molecule has 25 heavy (non-hydrogen) atoms. The van der Waals surface area contributed by atoms with Crippen molar-refractivity contribution in [2.45, 2.75) is 17.1 Å². The molecule has 2 rings (SSSR count). The maximum absolute atomic E-state index is 12.2. The third-order valence-electron chi connectivity index (χ3n) is 3.33. The summed E-state index contributed by atoms with van der Waals surface area (Å²) in [6.07, 6.45) is 0. The fourth-order valence-corrected chi connectivity index (χ4v) is 3.47. The Hall–Kier alpha value is -1.63. The summed E-state index contributed by atoms with van der Waals surface area (Å²) in [7, 11) is 1.60. The van der Waals surface area contributed by atoms with Crippen molar-refractivity contribution in [3.63, 3.8) is 0 Å². The summed E-state index contributed by atoms with van der Waals surface area (Å²) in [5.41, 5.74) is 6.95. The van der Waals surface area contributed by atoms with Crippen LogP contribution in [-0.2, 0) is 4.79 Å². The predicted molar refractivity (Wildman–Crippen MR) is 108 cm³/mol. The number of amides is 1. The van der Waals surface area contributed by atoms with Crippen LogP contribution < -0.4 is 15.6 Å². The molecule has 0 heterocycles. The standard InChI is InChI=1S/C18H18BrClN2O2S/c1-11(13-4-9-17(24-3)16(19)10-13)21-22-18(23)12(2)25-15-7-5-14(20)6-8-15/h4-10,12,21H,1H2,2-3H3,(H,22,23)/t12-/m1/s1. The molecule has 2 aromatic carbocycles. The van der Waals surface area contributed by atoms with Crippen LogP contribution in [0.2, 0.25) is 5.02 Å². The number of carbonyl (C=O) groups excluding carboxylic acids is 1. The lowest BCUT2D eigenvalue weighted by Crippen LogP contribution is -2.40. The number of thioether (sulfide) groups is 1. The third-order valence-corrected chi connectivity index (χ3v) is 5.32. The van der Waals surface area contributed by atoms with Gasteiger partial charge in [0.25, 0.3) is 5.91 Å². The van der Waals surface area contributed by atoms with E-state index in [1.165, 1.54) is 11.8 Å². The minimum atomic E-state index is -0.274. The Labute approximate surface area is 165 Å². The number of methoxy groups -OCH3 is 1. The number of benzene rings is 2. The number of ether oxygens (including phenoxy) is 1. The first kappa shape index (κ1) is 19.7. The second kappa shape index (κ2) is 9.17. The van der Waals surface area contributed by atoms with Crippen molar-refractivity contribution in [1.82, 2.24) is 10.9 Å². The zero-order chi connectivity index (χ0) is 18.4. The molecule has 4 nitrogen and oxygen atoms in total. The van der Waals surface area contributed by atoms with E-state index in [2.05, 4.69) is 33.4 Å². The van der Waals surface area contributed by atoms with Gasteiger partial charge in [-0.2, -0.15) is 0 Å². The van der Waals surface area contributed by atoms with Crippen molar-refractivity contribution >= 4 is 50.9 Å². The molecule has 0 aliphatic rings. The summed E-state index contributed by atoms with van der Waals surface area (Å²) in [4.78, 5) is 13.2. The van der Waals surface area contributed by atoms with Crippen LogP contribution in [0.15, 0.2) is 58.4 Å². The van der Waals surface area contributed by atoms with Crippen LogP contribution in [0.4, 0.5) is 0 Å². The molecule has 1 atom stereocenters. The molecule has 132 valence electrons. The molecule has 0 saturated heterocycles. The molecular weight excluding hydrogens is 424 g/mol. The first-order valence-corrected chi connectivity index (χ1v) is 9.46. The maximum Gasteiger partial charge on any atom is 0.251 e. The zero-order valence-electron chi connectivity index (χ0n) is 13.8. The smallest absolute Gasteiger partial charge is 0.251 e. The van der Waals surface area contributed by atoms with Gasteiger partial charge >= 0.3 is 0 Å². The molecular formula is C18H18BrClN2O2S. The van der Waals surface area contributed by atoms with Crippen molar-refractivity contribution in [1.29, 1.82) is 0 Å². The predicted octanol–water partition coefficient (Wildman–Crippen LogP) is 4.88. The fourth-order valence-electron chi connectivity index (χ4n) is 1.94. The van der Waals surface area contributed by atoms with Gasteiger partial charge in [0.2, 0.25) is 0 Å². The Bertz CT molecular complexity index is 768. The van der Waals surface area contributed by atoms with Gasteiger partial charge < -0.3 is 4.74 Å². The molecule has 0 aliphatic heterocycles. The lowest BCUT2D eigenvalue weighted by atomic mass is 10.2. The van der Waals surface area contributed by atoms with E-state index in [4.69, 9.17) is 16.3 Å². The van der Waals surface area contributed by atoms with Crippen LogP contribution in [0.3, 0.4) is 0 Å². The van der Waals surface area contributed by atoms with E-state index in [0.717, 1.165) is 20.7 Å². The van der Waals surface area contributed by atoms with Gasteiger partial charge in [0.15, 0.2) is 0 Å². The number of hydrogen-bond donors (Lipinski definition) is 2. The molecule has 0 bridgehead atoms. The Morgan fingerprint density at radius 2 is 1.92 bits per heavy atom. The number of carbonyl (C=O) groups is 1. The zero-order valence-corrected chi connectivity index (χ0v) is 17.0. The summed E-state index contributed by atoms with van der Waals surface area (Å²) < 4.78 is 6.01. The van der Waals surface area contributed by atoms with E-state index >= 15 is 0 Å². The summed E-state index contributed by atoms with van der Waals surface area (Å²) in [5.74, 6) is 0.585. The van der Waals surface area contributed by atoms with Gasteiger partial charge in [-0.3, -0.25) is 15.6 Å². The highest BCUT2D eigenvalue weighted by Crippen LogP contribution is 2.27. The van der Waals surface area contributed by atoms with Gasteiger partial charge in [0.1, 0.15) is 5.75 Å². The Balaban J connectivity index is 1.89. The Kier molecular flexibility index (Phi) is 7.23. The highest BCUT2D eigenvalue weighted by Gasteiger charge is 2.14. The number of rotatable bonds is 7. The number of hydrazine groups is 1. The van der Waals surface area contributed by atoms with Crippen molar-refractivity contribution in [2.75, 3.05) is 7.11 Å². The van der Waals surface area contributed by atoms with Crippen LogP contribution in [0, 0.1) is 0 Å². The summed E-state index contributed by atoms with van der Waals surface area (Å²) in [6, 6.07) is 12.9. The fraction of sp³-hybridized carbons (Fsp3) is 0.167. The first-order valence-electron chi connectivity index (χ1n) is 7.41. The minimum absolute atomic E-state index is 0.145. The summed E-state index contributed by atoms with van der Waals surface area (Å²) >= 11 is 10.7. The van der Waals surface area contributed by atoms with E-state index in [9.17, 15) is 4.79 Å². The quantitative estimate of drug-likeness (QED) is 0.475. The van der Waals surface area contributed by atoms with E-state index < -0.39 is 0 Å². The Morgan fingerprint density at radius 3 is 2.52 bits per heavy atom. The molecule has 0 aliphatic carbocycles. The number of halogens is 2. The Morgan fingerprint density at radius 1 is 1.24 bits per heavy atom. The van der Waals surface area contributed by atoms with Crippen LogP contribution in [-0.4, -0.2) is 18.3 Å². The molecule has 0 saturated carbocycles. The van der Waals surface area contributed by atoms with Gasteiger partial charge in [0.05, 0.1) is 22.5 Å². The molecule has 0 aromatic heterocycles. The SMILES string of the molecule is C=C(NNC(=O)[C@@H](C)Sc1ccc(Cl)cc1)c1ccc(OC)c(Br)c1. The molecule has 2 aromatic rings. The van der Waals surface area contributed by atoms with E-state index in [-0.39, 0.29) is 11.2 Å². The van der Waals surface area contributed by atoms with Gasteiger partial charge in [-0.1, -0.05) is 18.2 Å². The molecule has 0 spiro atoms. The van der Waals surface area contributed by atoms with Crippen LogP contribution in [0.1, 0.15) is 12.5 Å². The first-order chi connectivity index (χ1) is 11.9. The van der Waals surface area contributed by atoms with E-state index in [1.54, 1.807) is 19.2 Å². The second-order valence-corrected chi connectivity index (χ2v) is 7.86. The van der Waals surface area contributed by atoms with Crippen molar-refractivity contribution in [2.24, 2.45) is 0 Å². The van der Waals surface area contributed by atoms with E-state index in [1.807, 2.05) is 37.3 Å². The maximum atomic E-state index is 12.2. The number of nitrogens with one attached hydrogen (secondary N) is 2. The van der Waals surface area contributed by atoms with Gasteiger partial charge in [0, 0.05) is 15.5 Å². The molecule has 0 fully saturated rings. The lowest BCUT2D eigenvalue weighted by molar-refractivity contribution is -0.120. The minimum Gasteiger partial charge on any atom is -0.496 e. The molecule has 7 heteroatoms. The highest BCUT2D eigenvalue weighted by molar-refractivity contribution is 9.10. The van der Waals surface area contributed by atoms with Gasteiger partial charge in [-0.15, -0.1) is 11.8 Å². The third kappa shape index (κ3) is 5.70. The average Bonchev–Trinajstić information content (AvgIpc) is 2.61. The van der Waals surface area contributed by atoms with Crippen molar-refractivity contribution in [3.8, 4) is 5.75 Å². The normalized spacial score (nSPS) is 11.5. The van der Waals surface area contributed by atoms with Crippen LogP contribution in [0.25, 0.3) is 5.70 Å². The summed E-state index contributed by atoms with van der Waals surface area (Å²) in [5, 5.41) is 0.397. The second-order valence-electron chi connectivity index (χ2n) is 5.16. The monoisotopic (exact) mass is 440 g/mol. The highest BCUT2D eigenvalue weighted by atomic mass is 79.9. The van der Waals surface area contributed by atoms with Crippen molar-refractivity contribution < 1.29 is 9.53 Å². The van der Waals surface area contributed by atoms with Gasteiger partial charge in [-0.25, -0.2) is 0 Å². The van der Waals surface area contributed by atoms with E-state index in [0.29, 0.717) is 10.7 Å². The topological polar surface area (TPSA) is 50.4 Å². The average molecular weight is 442 g/mol. The van der Waals surface area contributed by atoms with Crippen LogP contribution in [0.5, 0.6) is 5.75 Å². The van der Waals surface area contributed by atoms with Crippen LogP contribution >= 0.6 is 39.3 Å².